The molecule has 2 rings (SSSR count). The highest BCUT2D eigenvalue weighted by atomic mass is 16.5. The summed E-state index contributed by atoms with van der Waals surface area (Å²) < 4.78 is 4.95. The van der Waals surface area contributed by atoms with E-state index in [2.05, 4.69) is 45.0 Å². The van der Waals surface area contributed by atoms with Gasteiger partial charge in [-0.25, -0.2) is 0 Å². The molecule has 0 bridgehead atoms. The Balaban J connectivity index is 2.58. The minimum atomic E-state index is -0.298. The van der Waals surface area contributed by atoms with Crippen LogP contribution in [0.25, 0.3) is 0 Å². The molecule has 116 valence electrons. The number of ether oxygens (including phenoxy) is 1. The number of hydrogen-bond donors (Lipinski definition) is 1. The van der Waals surface area contributed by atoms with E-state index in [9.17, 15) is 4.79 Å². The van der Waals surface area contributed by atoms with Crippen molar-refractivity contribution < 1.29 is 9.53 Å². The van der Waals surface area contributed by atoms with Crippen LogP contribution in [0.15, 0.2) is 24.3 Å². The molecule has 1 aromatic rings. The van der Waals surface area contributed by atoms with E-state index in [1.807, 2.05) is 0 Å². The third-order valence-corrected chi connectivity index (χ3v) is 5.23. The van der Waals surface area contributed by atoms with Crippen molar-refractivity contribution in [1.29, 1.82) is 0 Å². The number of rotatable bonds is 4. The van der Waals surface area contributed by atoms with E-state index in [1.165, 1.54) is 18.2 Å². The molecule has 3 heteroatoms. The summed E-state index contributed by atoms with van der Waals surface area (Å²) in [7, 11) is 1.45. The minimum Gasteiger partial charge on any atom is -0.469 e. The molecule has 1 aliphatic rings. The Kier molecular flexibility index (Phi) is 4.43. The lowest BCUT2D eigenvalue weighted by Crippen LogP contribution is -2.51. The molecule has 0 fully saturated rings. The monoisotopic (exact) mass is 289 g/mol. The lowest BCUT2D eigenvalue weighted by molar-refractivity contribution is -0.142. The first-order valence-corrected chi connectivity index (χ1v) is 7.80. The van der Waals surface area contributed by atoms with Crippen molar-refractivity contribution >= 4 is 5.97 Å². The Morgan fingerprint density at radius 2 is 1.90 bits per heavy atom. The summed E-state index contributed by atoms with van der Waals surface area (Å²) >= 11 is 0. The van der Waals surface area contributed by atoms with Crippen LogP contribution in [0.1, 0.15) is 57.6 Å². The summed E-state index contributed by atoms with van der Waals surface area (Å²) in [5.74, 6) is -0.173. The average Bonchev–Trinajstić information content (AvgIpc) is 2.49. The fourth-order valence-corrected chi connectivity index (χ4v) is 3.73. The summed E-state index contributed by atoms with van der Waals surface area (Å²) in [4.78, 5) is 12.0. The highest BCUT2D eigenvalue weighted by Gasteiger charge is 2.47. The first-order valence-electron chi connectivity index (χ1n) is 7.80. The van der Waals surface area contributed by atoms with Crippen molar-refractivity contribution in [2.24, 2.45) is 5.73 Å². The molecule has 21 heavy (non-hydrogen) atoms. The standard InChI is InChI=1S/C18H27NO2/c1-5-15(19)18(12-16(20)21-4)11-10-17(2,3)13-8-6-7-9-14(13)18/h6-9,15H,5,10-12,19H2,1-4H3. The van der Waals surface area contributed by atoms with Crippen LogP contribution in [-0.2, 0) is 20.4 Å². The number of hydrogen-bond acceptors (Lipinski definition) is 3. The predicted octanol–water partition coefficient (Wildman–Crippen LogP) is 3.30. The second-order valence-electron chi connectivity index (χ2n) is 6.85. The summed E-state index contributed by atoms with van der Waals surface area (Å²) in [6, 6.07) is 8.42. The van der Waals surface area contributed by atoms with Gasteiger partial charge in [-0.2, -0.15) is 0 Å². The second kappa shape index (κ2) is 5.80. The molecule has 0 saturated heterocycles. The number of nitrogens with two attached hydrogens (primary N) is 1. The number of methoxy groups -OCH3 is 1. The van der Waals surface area contributed by atoms with Gasteiger partial charge in [0.05, 0.1) is 13.5 Å². The average molecular weight is 289 g/mol. The van der Waals surface area contributed by atoms with Crippen LogP contribution in [0.2, 0.25) is 0 Å². The van der Waals surface area contributed by atoms with Crippen LogP contribution >= 0.6 is 0 Å². The first kappa shape index (κ1) is 16.0. The Bertz CT molecular complexity index is 524. The molecule has 0 saturated carbocycles. The molecule has 2 unspecified atom stereocenters. The Morgan fingerprint density at radius 3 is 2.48 bits per heavy atom. The number of esters is 1. The molecule has 1 aromatic carbocycles. The van der Waals surface area contributed by atoms with Crippen molar-refractivity contribution in [2.45, 2.75) is 63.3 Å². The van der Waals surface area contributed by atoms with Crippen molar-refractivity contribution in [1.82, 2.24) is 0 Å². The number of carbonyl (C=O) groups is 1. The summed E-state index contributed by atoms with van der Waals surface area (Å²) in [6.07, 6.45) is 3.19. The van der Waals surface area contributed by atoms with Gasteiger partial charge in [0.25, 0.3) is 0 Å². The topological polar surface area (TPSA) is 52.3 Å². The quantitative estimate of drug-likeness (QED) is 0.865. The molecular weight excluding hydrogens is 262 g/mol. The third-order valence-electron chi connectivity index (χ3n) is 5.23. The minimum absolute atomic E-state index is 0.0335. The lowest BCUT2D eigenvalue weighted by atomic mass is 9.57. The van der Waals surface area contributed by atoms with Crippen LogP contribution in [0.5, 0.6) is 0 Å². The van der Waals surface area contributed by atoms with Crippen molar-refractivity contribution in [3.63, 3.8) is 0 Å². The molecule has 0 heterocycles. The summed E-state index contributed by atoms with van der Waals surface area (Å²) in [6.45, 7) is 6.63. The van der Waals surface area contributed by atoms with Crippen molar-refractivity contribution in [3.8, 4) is 0 Å². The maximum atomic E-state index is 12.0. The van der Waals surface area contributed by atoms with Gasteiger partial charge in [-0.15, -0.1) is 0 Å². The lowest BCUT2D eigenvalue weighted by Gasteiger charge is -2.48. The molecule has 0 radical (unpaired) electrons. The van der Waals surface area contributed by atoms with E-state index in [4.69, 9.17) is 10.5 Å². The largest absolute Gasteiger partial charge is 0.469 e. The summed E-state index contributed by atoms with van der Waals surface area (Å²) in [5, 5.41) is 0. The van der Waals surface area contributed by atoms with Crippen LogP contribution in [0.4, 0.5) is 0 Å². The smallest absolute Gasteiger partial charge is 0.306 e. The van der Waals surface area contributed by atoms with Crippen LogP contribution in [0, 0.1) is 0 Å². The maximum Gasteiger partial charge on any atom is 0.306 e. The number of fused-ring (bicyclic) bond motifs is 1. The van der Waals surface area contributed by atoms with Crippen LogP contribution in [0.3, 0.4) is 0 Å². The van der Waals surface area contributed by atoms with Crippen molar-refractivity contribution in [3.05, 3.63) is 35.4 Å². The molecule has 3 nitrogen and oxygen atoms in total. The second-order valence-corrected chi connectivity index (χ2v) is 6.85. The molecule has 2 atom stereocenters. The van der Waals surface area contributed by atoms with Crippen molar-refractivity contribution in [2.75, 3.05) is 7.11 Å². The normalized spacial score (nSPS) is 25.0. The highest BCUT2D eigenvalue weighted by Crippen LogP contribution is 2.49. The van der Waals surface area contributed by atoms with Gasteiger partial charge in [0.15, 0.2) is 0 Å². The predicted molar refractivity (Wildman–Crippen MR) is 85.3 cm³/mol. The van der Waals surface area contributed by atoms with E-state index >= 15 is 0 Å². The van der Waals surface area contributed by atoms with E-state index in [1.54, 1.807) is 0 Å². The van der Waals surface area contributed by atoms with Gasteiger partial charge in [0, 0.05) is 11.5 Å². The van der Waals surface area contributed by atoms with Gasteiger partial charge < -0.3 is 10.5 Å². The van der Waals surface area contributed by atoms with E-state index in [-0.39, 0.29) is 22.8 Å². The number of benzene rings is 1. The van der Waals surface area contributed by atoms with Gasteiger partial charge in [0.1, 0.15) is 0 Å². The van der Waals surface area contributed by atoms with Gasteiger partial charge in [-0.3, -0.25) is 4.79 Å². The zero-order valence-electron chi connectivity index (χ0n) is 13.6. The van der Waals surface area contributed by atoms with E-state index in [0.717, 1.165) is 19.3 Å². The molecule has 0 amide bonds. The molecule has 1 aliphatic carbocycles. The van der Waals surface area contributed by atoms with Gasteiger partial charge in [-0.05, 0) is 35.8 Å². The fraction of sp³-hybridized carbons (Fsp3) is 0.611. The Labute approximate surface area is 127 Å². The zero-order chi connectivity index (χ0) is 15.7. The Morgan fingerprint density at radius 1 is 1.29 bits per heavy atom. The van der Waals surface area contributed by atoms with Crippen LogP contribution in [-0.4, -0.2) is 19.1 Å². The SMILES string of the molecule is CCC(N)C1(CC(=O)OC)CCC(C)(C)c2ccccc21. The maximum absolute atomic E-state index is 12.0. The van der Waals surface area contributed by atoms with E-state index in [0.29, 0.717) is 6.42 Å². The van der Waals surface area contributed by atoms with Gasteiger partial charge >= 0.3 is 5.97 Å². The first-order chi connectivity index (χ1) is 9.87. The molecular formula is C18H27NO2. The summed E-state index contributed by atoms with van der Waals surface area (Å²) in [5.41, 5.74) is 8.87. The number of carbonyl (C=O) groups excluding carboxylic acids is 1. The van der Waals surface area contributed by atoms with Crippen LogP contribution < -0.4 is 5.73 Å². The highest BCUT2D eigenvalue weighted by molar-refractivity contribution is 5.72. The van der Waals surface area contributed by atoms with Gasteiger partial charge in [0.2, 0.25) is 0 Å². The van der Waals surface area contributed by atoms with E-state index < -0.39 is 0 Å². The molecule has 0 spiro atoms. The molecule has 2 N–H and O–H groups in total. The van der Waals surface area contributed by atoms with Gasteiger partial charge in [-0.1, -0.05) is 45.0 Å². The molecule has 0 aromatic heterocycles. The fourth-order valence-electron chi connectivity index (χ4n) is 3.73. The Hall–Kier alpha value is -1.35. The zero-order valence-corrected chi connectivity index (χ0v) is 13.6. The molecule has 0 aliphatic heterocycles. The third kappa shape index (κ3) is 2.71.